The van der Waals surface area contributed by atoms with Crippen molar-refractivity contribution in [2.24, 2.45) is 5.73 Å². The van der Waals surface area contributed by atoms with Gasteiger partial charge in [0, 0.05) is 5.92 Å². The van der Waals surface area contributed by atoms with Crippen LogP contribution in [0.3, 0.4) is 0 Å². The van der Waals surface area contributed by atoms with Crippen LogP contribution in [0.15, 0.2) is 48.5 Å². The van der Waals surface area contributed by atoms with Gasteiger partial charge >= 0.3 is 23.0 Å². The van der Waals surface area contributed by atoms with Crippen molar-refractivity contribution in [2.75, 3.05) is 33.3 Å². The number of hydroxylamine groups is 2. The summed E-state index contributed by atoms with van der Waals surface area (Å²) in [4.78, 5) is 28.3. The molecule has 10 heteroatoms. The fourth-order valence-electron chi connectivity index (χ4n) is 3.43. The van der Waals surface area contributed by atoms with Gasteiger partial charge in [0.05, 0.1) is 13.1 Å². The van der Waals surface area contributed by atoms with Crippen LogP contribution in [0.5, 0.6) is 0 Å². The number of ether oxygens (including phenoxy) is 1. The second-order valence-corrected chi connectivity index (χ2v) is 8.25. The molecule has 3 N–H and O–H groups in total. The van der Waals surface area contributed by atoms with Crippen LogP contribution in [0.1, 0.15) is 17.0 Å². The van der Waals surface area contributed by atoms with E-state index in [0.717, 1.165) is 22.3 Å². The van der Waals surface area contributed by atoms with Crippen LogP contribution in [-0.2, 0) is 25.3 Å². The first kappa shape index (κ1) is 21.8. The maximum absolute atomic E-state index is 12.1. The van der Waals surface area contributed by atoms with Gasteiger partial charge in [-0.1, -0.05) is 48.5 Å². The van der Waals surface area contributed by atoms with Crippen molar-refractivity contribution in [3.05, 3.63) is 59.7 Å². The number of hydrogen-bond acceptors (Lipinski definition) is 7. The van der Waals surface area contributed by atoms with Crippen LogP contribution in [0.2, 0.25) is 0 Å². The van der Waals surface area contributed by atoms with Gasteiger partial charge in [0.2, 0.25) is 0 Å². The van der Waals surface area contributed by atoms with Gasteiger partial charge in [0.25, 0.3) is 0 Å². The Morgan fingerprint density at radius 2 is 1.63 bits per heavy atom. The van der Waals surface area contributed by atoms with Crippen molar-refractivity contribution >= 4 is 23.0 Å². The van der Waals surface area contributed by atoms with E-state index in [0.29, 0.717) is 0 Å². The van der Waals surface area contributed by atoms with Crippen LogP contribution in [0.4, 0.5) is 4.79 Å². The summed E-state index contributed by atoms with van der Waals surface area (Å²) in [5, 5.41) is 2.49. The molecule has 1 aliphatic carbocycles. The molecule has 1 amide bonds. The molecule has 0 heterocycles. The van der Waals surface area contributed by atoms with E-state index in [1.165, 1.54) is 7.05 Å². The van der Waals surface area contributed by atoms with Crippen LogP contribution in [0, 0.1) is 0 Å². The highest BCUT2D eigenvalue weighted by molar-refractivity contribution is 7.66. The SMILES string of the molecule is C[N+](CCNC(=O)OCC1c2ccccc2-c2ccccc21)(OC(=O)CN)[SH](=O)=O. The largest absolute Gasteiger partial charge is 0.449 e. The Labute approximate surface area is 176 Å². The van der Waals surface area contributed by atoms with Crippen molar-refractivity contribution < 1.29 is 31.6 Å². The fourth-order valence-corrected chi connectivity index (χ4v) is 3.85. The number of thiol groups is 1. The number of quaternary nitrogens is 1. The van der Waals surface area contributed by atoms with Crippen molar-refractivity contribution in [3.63, 3.8) is 0 Å². The molecule has 1 atom stereocenters. The van der Waals surface area contributed by atoms with Crippen LogP contribution in [0.25, 0.3) is 11.1 Å². The van der Waals surface area contributed by atoms with Crippen molar-refractivity contribution in [1.82, 2.24) is 5.32 Å². The molecule has 2 aromatic rings. The van der Waals surface area contributed by atoms with Crippen molar-refractivity contribution in [3.8, 4) is 11.1 Å². The monoisotopic (exact) mass is 434 g/mol. The predicted octanol–water partition coefficient (Wildman–Crippen LogP) is 0.915. The van der Waals surface area contributed by atoms with E-state index >= 15 is 0 Å². The molecule has 30 heavy (non-hydrogen) atoms. The first-order valence-corrected chi connectivity index (χ1v) is 10.5. The van der Waals surface area contributed by atoms with E-state index in [-0.39, 0.29) is 25.6 Å². The third-order valence-electron chi connectivity index (χ3n) is 4.95. The molecule has 0 saturated heterocycles. The minimum atomic E-state index is -3.14. The van der Waals surface area contributed by atoms with E-state index in [1.54, 1.807) is 0 Å². The summed E-state index contributed by atoms with van der Waals surface area (Å²) < 4.78 is 27.2. The Hall–Kier alpha value is -2.95. The highest BCUT2D eigenvalue weighted by Crippen LogP contribution is 2.44. The standard InChI is InChI=1S/C20H23N3O6S/c1-23(30(26)27,29-19(24)12-21)11-10-22-20(25)28-13-18-16-8-4-2-6-14(16)15-7-3-5-9-17(15)18/h2-9,18,30H,10-13,21H2,1H3/p+1. The minimum Gasteiger partial charge on any atom is -0.449 e. The predicted molar refractivity (Wildman–Crippen MR) is 110 cm³/mol. The number of fused-ring (bicyclic) bond motifs is 3. The number of rotatable bonds is 8. The second kappa shape index (κ2) is 9.24. The van der Waals surface area contributed by atoms with E-state index in [4.69, 9.17) is 15.3 Å². The second-order valence-electron chi connectivity index (χ2n) is 6.93. The Kier molecular flexibility index (Phi) is 6.70. The lowest BCUT2D eigenvalue weighted by atomic mass is 9.98. The zero-order chi connectivity index (χ0) is 21.7. The Bertz CT molecular complexity index is 972. The third kappa shape index (κ3) is 4.61. The van der Waals surface area contributed by atoms with Gasteiger partial charge in [-0.05, 0) is 26.3 Å². The molecule has 1 unspecified atom stereocenters. The van der Waals surface area contributed by atoms with Gasteiger partial charge in [-0.15, -0.1) is 0 Å². The molecular formula is C20H24N3O6S+. The van der Waals surface area contributed by atoms with E-state index in [1.807, 2.05) is 48.5 Å². The molecule has 0 spiro atoms. The van der Waals surface area contributed by atoms with Crippen LogP contribution in [-0.4, -0.2) is 57.8 Å². The van der Waals surface area contributed by atoms with Gasteiger partial charge in [0.15, 0.2) is 6.54 Å². The summed E-state index contributed by atoms with van der Waals surface area (Å²) >= 11 is 0. The van der Waals surface area contributed by atoms with Crippen LogP contribution < -0.4 is 11.1 Å². The molecule has 3 rings (SSSR count). The van der Waals surface area contributed by atoms with Crippen molar-refractivity contribution in [2.45, 2.75) is 5.92 Å². The third-order valence-corrected chi connectivity index (χ3v) is 5.92. The summed E-state index contributed by atoms with van der Waals surface area (Å²) in [6, 6.07) is 16.0. The molecule has 9 nitrogen and oxygen atoms in total. The molecule has 160 valence electrons. The Morgan fingerprint density at radius 1 is 1.07 bits per heavy atom. The zero-order valence-electron chi connectivity index (χ0n) is 16.4. The minimum absolute atomic E-state index is 0.0751. The molecular weight excluding hydrogens is 410 g/mol. The van der Waals surface area contributed by atoms with Gasteiger partial charge < -0.3 is 15.8 Å². The number of nitrogens with one attached hydrogen (secondary N) is 1. The molecule has 2 aromatic carbocycles. The van der Waals surface area contributed by atoms with E-state index < -0.39 is 33.5 Å². The fraction of sp³-hybridized carbons (Fsp3) is 0.300. The lowest BCUT2D eigenvalue weighted by Crippen LogP contribution is -2.49. The van der Waals surface area contributed by atoms with Crippen molar-refractivity contribution in [1.29, 1.82) is 0 Å². The number of nitrogens with zero attached hydrogens (tertiary/aromatic N) is 1. The lowest BCUT2D eigenvalue weighted by Gasteiger charge is -2.23. The van der Waals surface area contributed by atoms with E-state index in [9.17, 15) is 18.0 Å². The Morgan fingerprint density at radius 3 is 2.17 bits per heavy atom. The van der Waals surface area contributed by atoms with Crippen LogP contribution >= 0.6 is 0 Å². The first-order chi connectivity index (χ1) is 14.4. The normalized spacial score (nSPS) is 14.5. The number of amides is 1. The average Bonchev–Trinajstić information content (AvgIpc) is 3.06. The number of alkyl carbamates (subject to hydrolysis) is 1. The average molecular weight is 434 g/mol. The number of hydrogen-bond donors (Lipinski definition) is 3. The summed E-state index contributed by atoms with van der Waals surface area (Å²) in [6.07, 6.45) is -0.685. The Balaban J connectivity index is 1.57. The van der Waals surface area contributed by atoms with Gasteiger partial charge in [-0.2, -0.15) is 8.42 Å². The summed E-state index contributed by atoms with van der Waals surface area (Å²) in [6.45, 7) is -0.566. The molecule has 0 radical (unpaired) electrons. The van der Waals surface area contributed by atoms with E-state index in [2.05, 4.69) is 5.32 Å². The quantitative estimate of drug-likeness (QED) is 0.320. The molecule has 1 aliphatic rings. The maximum atomic E-state index is 12.1. The smallest absolute Gasteiger partial charge is 0.407 e. The lowest BCUT2D eigenvalue weighted by molar-refractivity contribution is -0.967. The molecule has 0 fully saturated rings. The van der Waals surface area contributed by atoms with Gasteiger partial charge in [-0.3, -0.25) is 4.84 Å². The summed E-state index contributed by atoms with van der Waals surface area (Å²) in [7, 11) is -1.95. The number of carbonyl (C=O) groups excluding carboxylic acids is 2. The highest BCUT2D eigenvalue weighted by Gasteiger charge is 2.32. The highest BCUT2D eigenvalue weighted by atomic mass is 32.2. The zero-order valence-corrected chi connectivity index (χ0v) is 17.3. The molecule has 0 aliphatic heterocycles. The van der Waals surface area contributed by atoms with Gasteiger partial charge in [-0.25, -0.2) is 9.59 Å². The summed E-state index contributed by atoms with van der Waals surface area (Å²) in [5.74, 6) is -0.941. The number of likely N-dealkylation sites (N-methyl/N-ethyl adjacent to an activating group) is 1. The topological polar surface area (TPSA) is 125 Å². The molecule has 0 bridgehead atoms. The molecule has 0 aromatic heterocycles. The first-order valence-electron chi connectivity index (χ1n) is 9.37. The maximum Gasteiger partial charge on any atom is 0.407 e. The summed E-state index contributed by atoms with van der Waals surface area (Å²) in [5.41, 5.74) is 9.58. The van der Waals surface area contributed by atoms with Gasteiger partial charge in [0.1, 0.15) is 13.7 Å². The molecule has 0 saturated carbocycles. The number of nitrogens with two attached hydrogens (primary N) is 1. The number of benzene rings is 2. The number of carbonyl (C=O) groups is 2.